The van der Waals surface area contributed by atoms with Crippen LogP contribution in [0.3, 0.4) is 0 Å². The molecule has 2 nitrogen and oxygen atoms in total. The minimum Gasteiger partial charge on any atom is -0.455 e. The first-order valence-electron chi connectivity index (χ1n) is 19.2. The summed E-state index contributed by atoms with van der Waals surface area (Å²) in [7, 11) is 0. The number of furan rings is 1. The molecule has 0 atom stereocenters. The molecular weight excluding hydrogens is 679 g/mol. The van der Waals surface area contributed by atoms with Crippen LogP contribution in [-0.4, -0.2) is 0 Å². The number of hydrogen-bond acceptors (Lipinski definition) is 2. The van der Waals surface area contributed by atoms with Gasteiger partial charge in [-0.1, -0.05) is 158 Å². The van der Waals surface area contributed by atoms with E-state index in [4.69, 9.17) is 4.42 Å². The molecule has 11 rings (SSSR count). The van der Waals surface area contributed by atoms with Gasteiger partial charge in [-0.15, -0.1) is 0 Å². The maximum atomic E-state index is 6.52. The average Bonchev–Trinajstić information content (AvgIpc) is 3.66. The first kappa shape index (κ1) is 32.0. The highest BCUT2D eigenvalue weighted by Crippen LogP contribution is 2.43. The van der Waals surface area contributed by atoms with Crippen molar-refractivity contribution in [3.63, 3.8) is 0 Å². The lowest BCUT2D eigenvalue weighted by molar-refractivity contribution is 0.672. The second-order valence-corrected chi connectivity index (χ2v) is 14.5. The van der Waals surface area contributed by atoms with E-state index in [2.05, 4.69) is 217 Å². The van der Waals surface area contributed by atoms with Crippen molar-refractivity contribution in [2.75, 3.05) is 4.90 Å². The van der Waals surface area contributed by atoms with Gasteiger partial charge in [0.05, 0.1) is 0 Å². The Morgan fingerprint density at radius 3 is 1.62 bits per heavy atom. The van der Waals surface area contributed by atoms with E-state index in [-0.39, 0.29) is 0 Å². The zero-order chi connectivity index (χ0) is 37.0. The van der Waals surface area contributed by atoms with Gasteiger partial charge < -0.3 is 9.32 Å². The number of nitrogens with zero attached hydrogens (tertiary/aromatic N) is 1. The van der Waals surface area contributed by atoms with Gasteiger partial charge in [0.1, 0.15) is 11.2 Å². The molecule has 2 heteroatoms. The number of rotatable bonds is 6. The molecule has 0 amide bonds. The first-order valence-corrected chi connectivity index (χ1v) is 19.2. The summed E-state index contributed by atoms with van der Waals surface area (Å²) >= 11 is 0. The van der Waals surface area contributed by atoms with Crippen molar-refractivity contribution in [1.82, 2.24) is 0 Å². The quantitative estimate of drug-likeness (QED) is 0.160. The van der Waals surface area contributed by atoms with Crippen molar-refractivity contribution in [3.8, 4) is 33.4 Å². The Labute approximate surface area is 325 Å². The van der Waals surface area contributed by atoms with Crippen LogP contribution >= 0.6 is 0 Å². The van der Waals surface area contributed by atoms with Gasteiger partial charge in [-0.2, -0.15) is 0 Å². The van der Waals surface area contributed by atoms with Crippen LogP contribution in [0.1, 0.15) is 0 Å². The second kappa shape index (κ2) is 13.2. The number of hydrogen-bond donors (Lipinski definition) is 0. The van der Waals surface area contributed by atoms with Gasteiger partial charge in [0.2, 0.25) is 0 Å². The Morgan fingerprint density at radius 1 is 0.286 bits per heavy atom. The second-order valence-electron chi connectivity index (χ2n) is 14.5. The maximum absolute atomic E-state index is 6.52. The maximum Gasteiger partial charge on any atom is 0.143 e. The zero-order valence-corrected chi connectivity index (χ0v) is 30.6. The lowest BCUT2D eigenvalue weighted by Gasteiger charge is -2.26. The van der Waals surface area contributed by atoms with Crippen LogP contribution in [0.25, 0.3) is 87.6 Å². The molecule has 0 bridgehead atoms. The molecule has 0 fully saturated rings. The first-order chi connectivity index (χ1) is 27.8. The third-order valence-electron chi connectivity index (χ3n) is 11.3. The zero-order valence-electron chi connectivity index (χ0n) is 30.6. The number of fused-ring (bicyclic) bond motifs is 8. The molecule has 0 spiro atoms. The summed E-state index contributed by atoms with van der Waals surface area (Å²) < 4.78 is 6.52. The molecule has 0 aliphatic rings. The monoisotopic (exact) mass is 713 g/mol. The van der Waals surface area contributed by atoms with Crippen molar-refractivity contribution in [1.29, 1.82) is 0 Å². The van der Waals surface area contributed by atoms with E-state index < -0.39 is 0 Å². The summed E-state index contributed by atoms with van der Waals surface area (Å²) in [5, 5.41) is 9.58. The lowest BCUT2D eigenvalue weighted by atomic mass is 9.89. The van der Waals surface area contributed by atoms with Crippen LogP contribution in [0.5, 0.6) is 0 Å². The van der Waals surface area contributed by atoms with Crippen LogP contribution in [0, 0.1) is 0 Å². The van der Waals surface area contributed by atoms with Crippen LogP contribution in [0.2, 0.25) is 0 Å². The minimum atomic E-state index is 0.882. The third kappa shape index (κ3) is 5.34. The van der Waals surface area contributed by atoms with Crippen molar-refractivity contribution in [3.05, 3.63) is 212 Å². The van der Waals surface area contributed by atoms with E-state index >= 15 is 0 Å². The normalized spacial score (nSPS) is 11.6. The number of benzene rings is 10. The SMILES string of the molecule is c1ccc(-c2ccc(N(c3ccc(-c4ccccc4-c4cc5ccccc5c5ccccc45)cc3)c3ccc4oc5c6ccccc6ccc5c4c3)cc2)cc1. The van der Waals surface area contributed by atoms with E-state index in [1.807, 2.05) is 0 Å². The van der Waals surface area contributed by atoms with Crippen LogP contribution < -0.4 is 4.90 Å². The summed E-state index contributed by atoms with van der Waals surface area (Å²) in [5.41, 5.74) is 12.3. The summed E-state index contributed by atoms with van der Waals surface area (Å²) in [5.74, 6) is 0. The Kier molecular flexibility index (Phi) is 7.53. The summed E-state index contributed by atoms with van der Waals surface area (Å²) in [6, 6.07) is 76.5. The molecule has 1 aromatic heterocycles. The molecule has 0 radical (unpaired) electrons. The molecule has 0 aliphatic heterocycles. The van der Waals surface area contributed by atoms with Crippen molar-refractivity contribution in [2.24, 2.45) is 0 Å². The van der Waals surface area contributed by atoms with Crippen molar-refractivity contribution >= 4 is 71.3 Å². The third-order valence-corrected chi connectivity index (χ3v) is 11.3. The van der Waals surface area contributed by atoms with E-state index in [1.165, 1.54) is 60.3 Å². The highest BCUT2D eigenvalue weighted by atomic mass is 16.3. The topological polar surface area (TPSA) is 16.4 Å². The van der Waals surface area contributed by atoms with Crippen LogP contribution in [-0.2, 0) is 0 Å². The molecule has 56 heavy (non-hydrogen) atoms. The molecule has 0 aliphatic carbocycles. The number of anilines is 3. The standard InChI is InChI=1S/C54H35NO/c1-2-12-36(13-3-1)37-22-27-41(28-23-37)55(43-31-33-53-52(35-43)50-32-26-38-14-4-7-18-46(38)54(50)56-53)42-29-24-39(25-30-42)44-16-8-9-20-48(44)51-34-40-15-5-6-17-45(40)47-19-10-11-21-49(47)51/h1-35H. The van der Waals surface area contributed by atoms with Gasteiger partial charge >= 0.3 is 0 Å². The van der Waals surface area contributed by atoms with Gasteiger partial charge in [0.15, 0.2) is 0 Å². The highest BCUT2D eigenvalue weighted by molar-refractivity contribution is 6.16. The van der Waals surface area contributed by atoms with Gasteiger partial charge in [0, 0.05) is 33.2 Å². The Morgan fingerprint density at radius 2 is 0.857 bits per heavy atom. The van der Waals surface area contributed by atoms with Gasteiger partial charge in [-0.05, 0) is 115 Å². The fourth-order valence-electron chi connectivity index (χ4n) is 8.55. The van der Waals surface area contributed by atoms with Gasteiger partial charge in [0.25, 0.3) is 0 Å². The Balaban J connectivity index is 1.04. The molecule has 1 heterocycles. The molecule has 0 saturated carbocycles. The van der Waals surface area contributed by atoms with Crippen molar-refractivity contribution in [2.45, 2.75) is 0 Å². The predicted octanol–water partition coefficient (Wildman–Crippen LogP) is 15.5. The van der Waals surface area contributed by atoms with E-state index in [0.717, 1.165) is 44.4 Å². The molecular formula is C54H35NO. The van der Waals surface area contributed by atoms with Crippen molar-refractivity contribution < 1.29 is 4.42 Å². The fourth-order valence-corrected chi connectivity index (χ4v) is 8.55. The Bertz CT molecular complexity index is 3230. The summed E-state index contributed by atoms with van der Waals surface area (Å²) in [6.07, 6.45) is 0. The van der Waals surface area contributed by atoms with Gasteiger partial charge in [-0.3, -0.25) is 0 Å². The molecule has 10 aromatic carbocycles. The summed E-state index contributed by atoms with van der Waals surface area (Å²) in [6.45, 7) is 0. The molecule has 11 aromatic rings. The molecule has 0 N–H and O–H groups in total. The predicted molar refractivity (Wildman–Crippen MR) is 237 cm³/mol. The molecule has 262 valence electrons. The van der Waals surface area contributed by atoms with E-state index in [9.17, 15) is 0 Å². The highest BCUT2D eigenvalue weighted by Gasteiger charge is 2.18. The largest absolute Gasteiger partial charge is 0.455 e. The Hall–Kier alpha value is -7.42. The lowest BCUT2D eigenvalue weighted by Crippen LogP contribution is -2.09. The fraction of sp³-hybridized carbons (Fsp3) is 0. The molecule has 0 unspecified atom stereocenters. The molecule has 0 saturated heterocycles. The van der Waals surface area contributed by atoms with Gasteiger partial charge in [-0.25, -0.2) is 0 Å². The van der Waals surface area contributed by atoms with E-state index in [1.54, 1.807) is 0 Å². The average molecular weight is 714 g/mol. The van der Waals surface area contributed by atoms with Crippen LogP contribution in [0.4, 0.5) is 17.1 Å². The van der Waals surface area contributed by atoms with Crippen LogP contribution in [0.15, 0.2) is 217 Å². The summed E-state index contributed by atoms with van der Waals surface area (Å²) in [4.78, 5) is 2.35. The van der Waals surface area contributed by atoms with E-state index in [0.29, 0.717) is 0 Å². The smallest absolute Gasteiger partial charge is 0.143 e. The minimum absolute atomic E-state index is 0.882.